The van der Waals surface area contributed by atoms with Gasteiger partial charge in [0.05, 0.1) is 0 Å². The molecule has 2 fully saturated rings. The van der Waals surface area contributed by atoms with Gasteiger partial charge in [-0.3, -0.25) is 0 Å². The first kappa shape index (κ1) is 16.3. The molecule has 4 atom stereocenters. The number of rotatable bonds is 5. The van der Waals surface area contributed by atoms with E-state index in [9.17, 15) is 0 Å². The molecule has 0 bridgehead atoms. The smallest absolute Gasteiger partial charge is 0.0105 e. The molecule has 2 aliphatic rings. The van der Waals surface area contributed by atoms with Gasteiger partial charge in [-0.15, -0.1) is 0 Å². The van der Waals surface area contributed by atoms with Gasteiger partial charge in [0, 0.05) is 19.1 Å². The van der Waals surface area contributed by atoms with E-state index in [0.717, 1.165) is 29.7 Å². The minimum atomic E-state index is 0.756. The number of likely N-dealkylation sites (tertiary alicyclic amines) is 1. The van der Waals surface area contributed by atoms with Crippen molar-refractivity contribution in [2.75, 3.05) is 26.7 Å². The number of nitrogens with one attached hydrogen (secondary N) is 1. The second kappa shape index (κ2) is 7.79. The Balaban J connectivity index is 1.90. The molecule has 2 heteroatoms. The summed E-state index contributed by atoms with van der Waals surface area (Å²) in [6.45, 7) is 11.2. The highest BCUT2D eigenvalue weighted by Gasteiger charge is 2.32. The third kappa shape index (κ3) is 4.21. The van der Waals surface area contributed by atoms with Crippen molar-refractivity contribution in [3.05, 3.63) is 0 Å². The fourth-order valence-corrected chi connectivity index (χ4v) is 4.47. The predicted octanol–water partition coefficient (Wildman–Crippen LogP) is 3.77. The van der Waals surface area contributed by atoms with Crippen molar-refractivity contribution < 1.29 is 0 Å². The minimum absolute atomic E-state index is 0.756. The highest BCUT2D eigenvalue weighted by molar-refractivity contribution is 4.88. The van der Waals surface area contributed by atoms with Crippen LogP contribution >= 0.6 is 0 Å². The van der Waals surface area contributed by atoms with Crippen LogP contribution < -0.4 is 5.32 Å². The van der Waals surface area contributed by atoms with Gasteiger partial charge >= 0.3 is 0 Å². The van der Waals surface area contributed by atoms with Gasteiger partial charge in [-0.2, -0.15) is 0 Å². The van der Waals surface area contributed by atoms with Crippen molar-refractivity contribution in [3.8, 4) is 0 Å². The van der Waals surface area contributed by atoms with E-state index in [-0.39, 0.29) is 0 Å². The van der Waals surface area contributed by atoms with Gasteiger partial charge in [0.1, 0.15) is 0 Å². The second-order valence-corrected chi connectivity index (χ2v) is 7.65. The molecule has 1 N–H and O–H groups in total. The van der Waals surface area contributed by atoms with Crippen LogP contribution in [-0.2, 0) is 0 Å². The normalized spacial score (nSPS) is 36.5. The minimum Gasteiger partial charge on any atom is -0.317 e. The molecule has 0 amide bonds. The number of hydrogen-bond acceptors (Lipinski definition) is 2. The van der Waals surface area contributed by atoms with Gasteiger partial charge in [0.15, 0.2) is 0 Å². The van der Waals surface area contributed by atoms with E-state index in [2.05, 4.69) is 38.0 Å². The largest absolute Gasteiger partial charge is 0.317 e. The van der Waals surface area contributed by atoms with Crippen LogP contribution in [0.3, 0.4) is 0 Å². The summed E-state index contributed by atoms with van der Waals surface area (Å²) in [5.74, 6) is 3.65. The number of piperidine rings is 1. The Hall–Kier alpha value is -0.0800. The lowest BCUT2D eigenvalue weighted by Crippen LogP contribution is -2.47. The zero-order valence-electron chi connectivity index (χ0n) is 14.2. The summed E-state index contributed by atoms with van der Waals surface area (Å²) in [6, 6.07) is 0.756. The Labute approximate surface area is 126 Å². The molecule has 1 aliphatic heterocycles. The van der Waals surface area contributed by atoms with Crippen LogP contribution in [0.4, 0.5) is 0 Å². The maximum absolute atomic E-state index is 3.60. The van der Waals surface area contributed by atoms with Crippen LogP contribution in [0.25, 0.3) is 0 Å². The van der Waals surface area contributed by atoms with Crippen molar-refractivity contribution in [1.82, 2.24) is 10.2 Å². The summed E-state index contributed by atoms with van der Waals surface area (Å²) >= 11 is 0. The van der Waals surface area contributed by atoms with Crippen LogP contribution in [0.5, 0.6) is 0 Å². The Bertz CT molecular complexity index is 277. The molecular weight excluding hydrogens is 244 g/mol. The Kier molecular flexibility index (Phi) is 6.35. The molecule has 20 heavy (non-hydrogen) atoms. The lowest BCUT2D eigenvalue weighted by molar-refractivity contribution is 0.0958. The van der Waals surface area contributed by atoms with Gasteiger partial charge in [0.25, 0.3) is 0 Å². The quantitative estimate of drug-likeness (QED) is 0.824. The van der Waals surface area contributed by atoms with E-state index in [1.54, 1.807) is 0 Å². The first-order chi connectivity index (χ1) is 9.63. The molecule has 0 spiro atoms. The molecule has 0 aromatic heterocycles. The average Bonchev–Trinajstić information content (AvgIpc) is 2.47. The maximum atomic E-state index is 3.60. The number of hydrogen-bond donors (Lipinski definition) is 1. The third-order valence-corrected chi connectivity index (χ3v) is 6.01. The van der Waals surface area contributed by atoms with E-state index in [1.165, 1.54) is 58.2 Å². The highest BCUT2D eigenvalue weighted by Crippen LogP contribution is 2.35. The van der Waals surface area contributed by atoms with Crippen molar-refractivity contribution >= 4 is 0 Å². The van der Waals surface area contributed by atoms with Crippen LogP contribution in [0.1, 0.15) is 59.3 Å². The fourth-order valence-electron chi connectivity index (χ4n) is 4.47. The molecule has 1 heterocycles. The molecule has 118 valence electrons. The molecule has 0 aromatic carbocycles. The SMILES string of the molecule is CCC1CCCN(CC2CC(C(C)C)CCC2NC)C1. The second-order valence-electron chi connectivity index (χ2n) is 7.65. The molecule has 2 nitrogen and oxygen atoms in total. The van der Waals surface area contributed by atoms with Crippen molar-refractivity contribution in [2.24, 2.45) is 23.7 Å². The van der Waals surface area contributed by atoms with E-state index in [0.29, 0.717) is 0 Å². The third-order valence-electron chi connectivity index (χ3n) is 6.01. The molecule has 0 aromatic rings. The summed E-state index contributed by atoms with van der Waals surface area (Å²) < 4.78 is 0. The standard InChI is InChI=1S/C18H36N2/c1-5-15-7-6-10-20(12-15)13-17-11-16(14(2)3)8-9-18(17)19-4/h14-19H,5-13H2,1-4H3. The monoisotopic (exact) mass is 280 g/mol. The van der Waals surface area contributed by atoms with E-state index < -0.39 is 0 Å². The lowest BCUT2D eigenvalue weighted by Gasteiger charge is -2.42. The van der Waals surface area contributed by atoms with Gasteiger partial charge in [-0.1, -0.05) is 27.2 Å². The molecule has 1 saturated carbocycles. The first-order valence-electron chi connectivity index (χ1n) is 9.03. The first-order valence-corrected chi connectivity index (χ1v) is 9.03. The topological polar surface area (TPSA) is 15.3 Å². The van der Waals surface area contributed by atoms with E-state index >= 15 is 0 Å². The summed E-state index contributed by atoms with van der Waals surface area (Å²) in [5.41, 5.74) is 0. The average molecular weight is 281 g/mol. The van der Waals surface area contributed by atoms with Crippen LogP contribution in [0, 0.1) is 23.7 Å². The summed E-state index contributed by atoms with van der Waals surface area (Å²) in [5, 5.41) is 3.60. The van der Waals surface area contributed by atoms with Crippen LogP contribution in [-0.4, -0.2) is 37.6 Å². The summed E-state index contributed by atoms with van der Waals surface area (Å²) in [4.78, 5) is 2.77. The van der Waals surface area contributed by atoms with E-state index in [4.69, 9.17) is 0 Å². The molecule has 2 rings (SSSR count). The molecular formula is C18H36N2. The molecule has 1 saturated heterocycles. The van der Waals surface area contributed by atoms with Gasteiger partial charge in [-0.05, 0) is 69.4 Å². The van der Waals surface area contributed by atoms with Crippen LogP contribution in [0.15, 0.2) is 0 Å². The zero-order chi connectivity index (χ0) is 14.5. The van der Waals surface area contributed by atoms with Gasteiger partial charge in [-0.25, -0.2) is 0 Å². The Morgan fingerprint density at radius 3 is 2.65 bits per heavy atom. The molecule has 4 unspecified atom stereocenters. The van der Waals surface area contributed by atoms with Gasteiger partial charge < -0.3 is 10.2 Å². The van der Waals surface area contributed by atoms with Crippen LogP contribution in [0.2, 0.25) is 0 Å². The van der Waals surface area contributed by atoms with E-state index in [1.807, 2.05) is 0 Å². The Morgan fingerprint density at radius 2 is 2.00 bits per heavy atom. The predicted molar refractivity (Wildman–Crippen MR) is 88.0 cm³/mol. The van der Waals surface area contributed by atoms with Gasteiger partial charge in [0.2, 0.25) is 0 Å². The highest BCUT2D eigenvalue weighted by atomic mass is 15.1. The fraction of sp³-hybridized carbons (Fsp3) is 1.00. The number of nitrogens with zero attached hydrogens (tertiary/aromatic N) is 1. The van der Waals surface area contributed by atoms with Crippen molar-refractivity contribution in [2.45, 2.75) is 65.3 Å². The molecule has 1 aliphatic carbocycles. The maximum Gasteiger partial charge on any atom is 0.0105 e. The Morgan fingerprint density at radius 1 is 1.20 bits per heavy atom. The van der Waals surface area contributed by atoms with Crippen molar-refractivity contribution in [1.29, 1.82) is 0 Å². The summed E-state index contributed by atoms with van der Waals surface area (Å²) in [7, 11) is 2.17. The summed E-state index contributed by atoms with van der Waals surface area (Å²) in [6.07, 6.45) is 8.50. The zero-order valence-corrected chi connectivity index (χ0v) is 14.2. The van der Waals surface area contributed by atoms with Crippen molar-refractivity contribution in [3.63, 3.8) is 0 Å². The molecule has 0 radical (unpaired) electrons. The lowest BCUT2D eigenvalue weighted by atomic mass is 9.73.